The minimum Gasteiger partial charge on any atom is -0.444 e. The fraction of sp³-hybridized carbons (Fsp3) is 0.219. The molecule has 5 rings (SSSR count). The summed E-state index contributed by atoms with van der Waals surface area (Å²) in [4.78, 5) is 16.9. The molecule has 5 aromatic rings. The first-order chi connectivity index (χ1) is 20.0. The highest BCUT2D eigenvalue weighted by Gasteiger charge is 2.18. The highest BCUT2D eigenvalue weighted by Crippen LogP contribution is 2.28. The lowest BCUT2D eigenvalue weighted by atomic mass is 10.0. The van der Waals surface area contributed by atoms with Gasteiger partial charge in [-0.2, -0.15) is 5.26 Å². The average molecular weight is 582 g/mol. The van der Waals surface area contributed by atoms with Crippen molar-refractivity contribution in [3.8, 4) is 6.07 Å². The molecule has 0 aliphatic carbocycles. The minimum atomic E-state index is -3.68. The van der Waals surface area contributed by atoms with Crippen LogP contribution in [0.2, 0.25) is 0 Å². The number of anilines is 1. The lowest BCUT2D eigenvalue weighted by molar-refractivity contribution is 0.0523. The molecule has 0 saturated carbocycles. The van der Waals surface area contributed by atoms with Crippen LogP contribution in [0.5, 0.6) is 0 Å². The van der Waals surface area contributed by atoms with Gasteiger partial charge >= 0.3 is 6.09 Å². The van der Waals surface area contributed by atoms with E-state index in [0.717, 1.165) is 21.7 Å². The first-order valence-electron chi connectivity index (χ1n) is 13.4. The Labute approximate surface area is 244 Å². The summed E-state index contributed by atoms with van der Waals surface area (Å²) < 4.78 is 35.9. The van der Waals surface area contributed by atoms with Crippen molar-refractivity contribution in [1.29, 1.82) is 5.26 Å². The van der Waals surface area contributed by atoms with E-state index in [1.807, 2.05) is 36.4 Å². The quantitative estimate of drug-likeness (QED) is 0.229. The zero-order valence-electron chi connectivity index (χ0n) is 23.6. The van der Waals surface area contributed by atoms with Crippen LogP contribution >= 0.6 is 0 Å². The Morgan fingerprint density at radius 2 is 1.71 bits per heavy atom. The van der Waals surface area contributed by atoms with E-state index in [1.54, 1.807) is 73.9 Å². The van der Waals surface area contributed by atoms with Gasteiger partial charge in [0.2, 0.25) is 10.0 Å². The number of nitrogens with zero attached hydrogens (tertiary/aromatic N) is 3. The molecule has 0 radical (unpaired) electrons. The summed E-state index contributed by atoms with van der Waals surface area (Å²) in [5.41, 5.74) is 2.91. The molecule has 10 heteroatoms. The van der Waals surface area contributed by atoms with Crippen LogP contribution in [0.3, 0.4) is 0 Å². The van der Waals surface area contributed by atoms with Crippen LogP contribution in [0.25, 0.3) is 21.8 Å². The SMILES string of the molecule is CC(C)(C)OC(=O)NCc1ccc2cc(C#N)n(Cc3cc(NS(=O)(=O)Cc4ccccc4)cc4ccccc34)c2n1. The zero-order chi connectivity index (χ0) is 29.9. The Kier molecular flexibility index (Phi) is 7.87. The molecule has 0 spiro atoms. The zero-order valence-corrected chi connectivity index (χ0v) is 24.4. The lowest BCUT2D eigenvalue weighted by Gasteiger charge is -2.19. The van der Waals surface area contributed by atoms with Crippen molar-refractivity contribution in [2.75, 3.05) is 4.72 Å². The van der Waals surface area contributed by atoms with E-state index in [0.29, 0.717) is 28.3 Å². The molecule has 3 aromatic carbocycles. The Balaban J connectivity index is 1.47. The van der Waals surface area contributed by atoms with Crippen molar-refractivity contribution >= 4 is 43.6 Å². The van der Waals surface area contributed by atoms with Gasteiger partial charge in [-0.1, -0.05) is 54.6 Å². The molecule has 2 N–H and O–H groups in total. The molecule has 1 amide bonds. The van der Waals surface area contributed by atoms with Crippen LogP contribution in [0.15, 0.2) is 84.9 Å². The van der Waals surface area contributed by atoms with Crippen LogP contribution in [0, 0.1) is 11.3 Å². The average Bonchev–Trinajstić information content (AvgIpc) is 3.27. The number of carbonyl (C=O) groups is 1. The molecule has 42 heavy (non-hydrogen) atoms. The van der Waals surface area contributed by atoms with Crippen LogP contribution in [0.4, 0.5) is 10.5 Å². The molecular formula is C32H31N5O4S. The number of pyridine rings is 1. The van der Waals surface area contributed by atoms with E-state index in [4.69, 9.17) is 9.72 Å². The van der Waals surface area contributed by atoms with Crippen LogP contribution in [-0.4, -0.2) is 29.7 Å². The summed E-state index contributed by atoms with van der Waals surface area (Å²) >= 11 is 0. The summed E-state index contributed by atoms with van der Waals surface area (Å²) in [6.07, 6.45) is -0.546. The number of carbonyl (C=O) groups excluding carboxylic acids is 1. The number of alkyl carbamates (subject to hydrolysis) is 1. The van der Waals surface area contributed by atoms with Crippen molar-refractivity contribution < 1.29 is 17.9 Å². The Morgan fingerprint density at radius 1 is 0.976 bits per heavy atom. The second kappa shape index (κ2) is 11.5. The number of sulfonamides is 1. The Hall–Kier alpha value is -4.88. The Morgan fingerprint density at radius 3 is 2.45 bits per heavy atom. The second-order valence-electron chi connectivity index (χ2n) is 11.0. The van der Waals surface area contributed by atoms with Crippen molar-refractivity contribution in [3.63, 3.8) is 0 Å². The van der Waals surface area contributed by atoms with E-state index in [2.05, 4.69) is 16.1 Å². The van der Waals surface area contributed by atoms with E-state index in [9.17, 15) is 18.5 Å². The number of nitriles is 1. The maximum atomic E-state index is 13.0. The third-order valence-electron chi connectivity index (χ3n) is 6.48. The van der Waals surface area contributed by atoms with E-state index in [-0.39, 0.29) is 18.8 Å². The van der Waals surface area contributed by atoms with E-state index >= 15 is 0 Å². The first kappa shape index (κ1) is 28.6. The molecule has 2 heterocycles. The van der Waals surface area contributed by atoms with Crippen LogP contribution < -0.4 is 10.0 Å². The van der Waals surface area contributed by atoms with Crippen molar-refractivity contribution in [3.05, 3.63) is 107 Å². The summed E-state index contributed by atoms with van der Waals surface area (Å²) in [5.74, 6) is -0.152. The number of amides is 1. The smallest absolute Gasteiger partial charge is 0.407 e. The highest BCUT2D eigenvalue weighted by molar-refractivity contribution is 7.91. The van der Waals surface area contributed by atoms with Crippen molar-refractivity contribution in [2.24, 2.45) is 0 Å². The fourth-order valence-corrected chi connectivity index (χ4v) is 5.93. The Bertz CT molecular complexity index is 1920. The number of fused-ring (bicyclic) bond motifs is 2. The van der Waals surface area contributed by atoms with Gasteiger partial charge in [0.15, 0.2) is 0 Å². The number of hydrogen-bond donors (Lipinski definition) is 2. The maximum Gasteiger partial charge on any atom is 0.407 e. The molecule has 0 aliphatic heterocycles. The molecule has 0 bridgehead atoms. The number of nitrogens with one attached hydrogen (secondary N) is 2. The van der Waals surface area contributed by atoms with Crippen LogP contribution in [0.1, 0.15) is 43.3 Å². The molecule has 0 unspecified atom stereocenters. The minimum absolute atomic E-state index is 0.152. The predicted molar refractivity (Wildman–Crippen MR) is 163 cm³/mol. The summed E-state index contributed by atoms with van der Waals surface area (Å²) in [6, 6.07) is 28.0. The number of aromatic nitrogens is 2. The normalized spacial score (nSPS) is 11.8. The van der Waals surface area contributed by atoms with Gasteiger partial charge in [-0.05, 0) is 73.0 Å². The summed E-state index contributed by atoms with van der Waals surface area (Å²) in [6.45, 7) is 5.80. The topological polar surface area (TPSA) is 126 Å². The summed E-state index contributed by atoms with van der Waals surface area (Å²) in [5, 5.41) is 15.2. The molecular weight excluding hydrogens is 550 g/mol. The predicted octanol–water partition coefficient (Wildman–Crippen LogP) is 6.08. The van der Waals surface area contributed by atoms with Gasteiger partial charge in [-0.3, -0.25) is 4.72 Å². The molecule has 0 fully saturated rings. The molecule has 214 valence electrons. The third kappa shape index (κ3) is 6.87. The fourth-order valence-electron chi connectivity index (χ4n) is 4.75. The van der Waals surface area contributed by atoms with Gasteiger partial charge < -0.3 is 14.6 Å². The molecule has 0 aliphatic rings. The van der Waals surface area contributed by atoms with Crippen molar-refractivity contribution in [2.45, 2.75) is 45.2 Å². The number of hydrogen-bond acceptors (Lipinski definition) is 6. The van der Waals surface area contributed by atoms with Gasteiger partial charge in [-0.15, -0.1) is 0 Å². The molecule has 2 aromatic heterocycles. The van der Waals surface area contributed by atoms with Crippen LogP contribution in [-0.2, 0) is 33.6 Å². The number of ether oxygens (including phenoxy) is 1. The summed E-state index contributed by atoms with van der Waals surface area (Å²) in [7, 11) is -3.68. The van der Waals surface area contributed by atoms with E-state index in [1.165, 1.54) is 0 Å². The first-order valence-corrected chi connectivity index (χ1v) is 15.1. The largest absolute Gasteiger partial charge is 0.444 e. The monoisotopic (exact) mass is 581 g/mol. The van der Waals surface area contributed by atoms with Crippen molar-refractivity contribution in [1.82, 2.24) is 14.9 Å². The molecule has 0 saturated heterocycles. The van der Waals surface area contributed by atoms with E-state index < -0.39 is 21.7 Å². The number of rotatable bonds is 8. The van der Waals surface area contributed by atoms with Gasteiger partial charge in [0, 0.05) is 11.1 Å². The maximum absolute atomic E-state index is 13.0. The lowest BCUT2D eigenvalue weighted by Crippen LogP contribution is -2.32. The highest BCUT2D eigenvalue weighted by atomic mass is 32.2. The second-order valence-corrected chi connectivity index (χ2v) is 12.7. The molecule has 0 atom stereocenters. The number of benzene rings is 3. The van der Waals surface area contributed by atoms with Gasteiger partial charge in [0.05, 0.1) is 24.5 Å². The van der Waals surface area contributed by atoms with Gasteiger partial charge in [0.25, 0.3) is 0 Å². The molecule has 9 nitrogen and oxygen atoms in total. The standard InChI is InChI=1S/C32H31N5O4S/c1-32(2,3)41-31(38)34-19-26-14-13-24-17-28(18-33)37(30(24)35-26)20-25-16-27(15-23-11-7-8-12-29(23)25)36-42(39,40)21-22-9-5-4-6-10-22/h4-17,36H,19-21H2,1-3H3,(H,34,38). The van der Waals surface area contributed by atoms with Gasteiger partial charge in [-0.25, -0.2) is 18.2 Å². The third-order valence-corrected chi connectivity index (χ3v) is 7.74. The van der Waals surface area contributed by atoms with Gasteiger partial charge in [0.1, 0.15) is 23.0 Å².